The Balaban J connectivity index is 2.41. The van der Waals surface area contributed by atoms with Crippen LogP contribution >= 0.6 is 11.6 Å². The molecule has 0 radical (unpaired) electrons. The highest BCUT2D eigenvalue weighted by molar-refractivity contribution is 6.30. The summed E-state index contributed by atoms with van der Waals surface area (Å²) in [5, 5.41) is 0.714. The molecule has 0 bridgehead atoms. The van der Waals surface area contributed by atoms with E-state index in [2.05, 4.69) is 23.4 Å². The average Bonchev–Trinajstić information content (AvgIpc) is 2.42. The number of benzene rings is 1. The van der Waals surface area contributed by atoms with Crippen molar-refractivity contribution in [1.82, 2.24) is 10.4 Å². The maximum Gasteiger partial charge on any atom is 0.0884 e. The second-order valence-electron chi connectivity index (χ2n) is 4.05. The van der Waals surface area contributed by atoms with Crippen molar-refractivity contribution in [2.45, 2.75) is 19.4 Å². The molecule has 94 valence electrons. The van der Waals surface area contributed by atoms with Gasteiger partial charge in [0.05, 0.1) is 11.7 Å². The van der Waals surface area contributed by atoms with Gasteiger partial charge < -0.3 is 0 Å². The lowest BCUT2D eigenvalue weighted by Gasteiger charge is -2.18. The van der Waals surface area contributed by atoms with E-state index in [1.54, 1.807) is 6.20 Å². The molecule has 0 spiro atoms. The standard InChI is InChI=1S/C14H16ClN3/c1-2-10-4-3-9-17-13(10)14(18-16)11-5-7-12(15)8-6-11/h3-9,14,18H,2,16H2,1H3. The third-order valence-electron chi connectivity index (χ3n) is 2.95. The molecular weight excluding hydrogens is 246 g/mol. The van der Waals surface area contributed by atoms with Crippen molar-refractivity contribution in [3.05, 3.63) is 64.4 Å². The van der Waals surface area contributed by atoms with Gasteiger partial charge in [0.25, 0.3) is 0 Å². The molecule has 2 aromatic rings. The van der Waals surface area contributed by atoms with E-state index in [1.807, 2.05) is 30.3 Å². The van der Waals surface area contributed by atoms with E-state index in [9.17, 15) is 0 Å². The van der Waals surface area contributed by atoms with Crippen LogP contribution in [0.25, 0.3) is 0 Å². The Hall–Kier alpha value is -1.42. The van der Waals surface area contributed by atoms with Gasteiger partial charge in [-0.05, 0) is 35.7 Å². The number of rotatable bonds is 4. The molecule has 0 fully saturated rings. The minimum atomic E-state index is -0.113. The first-order valence-corrected chi connectivity index (χ1v) is 6.29. The molecule has 0 saturated carbocycles. The zero-order chi connectivity index (χ0) is 13.0. The van der Waals surface area contributed by atoms with E-state index >= 15 is 0 Å². The van der Waals surface area contributed by atoms with Gasteiger partial charge in [-0.2, -0.15) is 0 Å². The summed E-state index contributed by atoms with van der Waals surface area (Å²) in [5.74, 6) is 5.68. The van der Waals surface area contributed by atoms with Gasteiger partial charge in [0, 0.05) is 11.2 Å². The van der Waals surface area contributed by atoms with Crippen LogP contribution in [0, 0.1) is 0 Å². The molecule has 2 rings (SSSR count). The molecule has 1 aromatic carbocycles. The van der Waals surface area contributed by atoms with E-state index in [0.29, 0.717) is 5.02 Å². The van der Waals surface area contributed by atoms with Crippen LogP contribution in [0.1, 0.15) is 29.8 Å². The molecule has 3 N–H and O–H groups in total. The lowest BCUT2D eigenvalue weighted by Crippen LogP contribution is -2.30. The van der Waals surface area contributed by atoms with Crippen LogP contribution in [-0.4, -0.2) is 4.98 Å². The first kappa shape index (κ1) is 13.0. The van der Waals surface area contributed by atoms with Gasteiger partial charge in [-0.1, -0.05) is 36.7 Å². The summed E-state index contributed by atoms with van der Waals surface area (Å²) in [4.78, 5) is 4.44. The highest BCUT2D eigenvalue weighted by Gasteiger charge is 2.16. The molecule has 1 atom stereocenters. The predicted molar refractivity (Wildman–Crippen MR) is 74.2 cm³/mol. The van der Waals surface area contributed by atoms with Crippen molar-refractivity contribution in [3.8, 4) is 0 Å². The highest BCUT2D eigenvalue weighted by atomic mass is 35.5. The van der Waals surface area contributed by atoms with Gasteiger partial charge in [0.2, 0.25) is 0 Å². The predicted octanol–water partition coefficient (Wildman–Crippen LogP) is 2.85. The number of hydrogen-bond donors (Lipinski definition) is 2. The van der Waals surface area contributed by atoms with E-state index in [0.717, 1.165) is 17.7 Å². The van der Waals surface area contributed by atoms with Gasteiger partial charge in [-0.3, -0.25) is 10.8 Å². The summed E-state index contributed by atoms with van der Waals surface area (Å²) in [6, 6.07) is 11.5. The lowest BCUT2D eigenvalue weighted by atomic mass is 9.99. The third kappa shape index (κ3) is 2.70. The second-order valence-corrected chi connectivity index (χ2v) is 4.49. The van der Waals surface area contributed by atoms with Crippen LogP contribution in [0.4, 0.5) is 0 Å². The number of nitrogens with one attached hydrogen (secondary N) is 1. The zero-order valence-electron chi connectivity index (χ0n) is 10.2. The Kier molecular flexibility index (Phi) is 4.31. The fourth-order valence-corrected chi connectivity index (χ4v) is 2.12. The monoisotopic (exact) mass is 261 g/mol. The van der Waals surface area contributed by atoms with Gasteiger partial charge >= 0.3 is 0 Å². The summed E-state index contributed by atoms with van der Waals surface area (Å²) in [6.07, 6.45) is 2.71. The molecule has 0 aliphatic carbocycles. The first-order chi connectivity index (χ1) is 8.76. The molecule has 0 amide bonds. The van der Waals surface area contributed by atoms with E-state index in [-0.39, 0.29) is 6.04 Å². The second kappa shape index (κ2) is 5.96. The average molecular weight is 262 g/mol. The number of aromatic nitrogens is 1. The van der Waals surface area contributed by atoms with Gasteiger partial charge in [0.15, 0.2) is 0 Å². The number of aryl methyl sites for hydroxylation is 1. The Bertz CT molecular complexity index is 511. The summed E-state index contributed by atoms with van der Waals surface area (Å²) < 4.78 is 0. The number of nitrogens with zero attached hydrogens (tertiary/aromatic N) is 1. The number of halogens is 1. The summed E-state index contributed by atoms with van der Waals surface area (Å²) >= 11 is 5.90. The number of pyridine rings is 1. The van der Waals surface area contributed by atoms with Crippen molar-refractivity contribution >= 4 is 11.6 Å². The van der Waals surface area contributed by atoms with Crippen molar-refractivity contribution in [2.24, 2.45) is 5.84 Å². The largest absolute Gasteiger partial charge is 0.271 e. The molecule has 0 aliphatic rings. The van der Waals surface area contributed by atoms with Crippen molar-refractivity contribution in [2.75, 3.05) is 0 Å². The molecule has 4 heteroatoms. The normalized spacial score (nSPS) is 12.4. The van der Waals surface area contributed by atoms with E-state index in [1.165, 1.54) is 5.56 Å². The smallest absolute Gasteiger partial charge is 0.0884 e. The first-order valence-electron chi connectivity index (χ1n) is 5.91. The molecule has 0 aliphatic heterocycles. The minimum absolute atomic E-state index is 0.113. The summed E-state index contributed by atoms with van der Waals surface area (Å²) in [5.41, 5.74) is 6.03. The van der Waals surface area contributed by atoms with Crippen LogP contribution in [-0.2, 0) is 6.42 Å². The fourth-order valence-electron chi connectivity index (χ4n) is 2.00. The third-order valence-corrected chi connectivity index (χ3v) is 3.20. The zero-order valence-corrected chi connectivity index (χ0v) is 11.0. The Labute approximate surface area is 112 Å². The van der Waals surface area contributed by atoms with Crippen LogP contribution in [0.5, 0.6) is 0 Å². The minimum Gasteiger partial charge on any atom is -0.271 e. The fraction of sp³-hybridized carbons (Fsp3) is 0.214. The summed E-state index contributed by atoms with van der Waals surface area (Å²) in [7, 11) is 0. The van der Waals surface area contributed by atoms with E-state index in [4.69, 9.17) is 17.4 Å². The van der Waals surface area contributed by atoms with E-state index < -0.39 is 0 Å². The quantitative estimate of drug-likeness (QED) is 0.657. The van der Waals surface area contributed by atoms with Crippen LogP contribution < -0.4 is 11.3 Å². The topological polar surface area (TPSA) is 50.9 Å². The Morgan fingerprint density at radius 2 is 2.00 bits per heavy atom. The number of hydrogen-bond acceptors (Lipinski definition) is 3. The maximum absolute atomic E-state index is 5.90. The van der Waals surface area contributed by atoms with Crippen LogP contribution in [0.2, 0.25) is 5.02 Å². The van der Waals surface area contributed by atoms with Crippen LogP contribution in [0.3, 0.4) is 0 Å². The van der Waals surface area contributed by atoms with Crippen LogP contribution in [0.15, 0.2) is 42.6 Å². The Morgan fingerprint density at radius 1 is 1.28 bits per heavy atom. The SMILES string of the molecule is CCc1cccnc1C(NN)c1ccc(Cl)cc1. The highest BCUT2D eigenvalue weighted by Crippen LogP contribution is 2.24. The Morgan fingerprint density at radius 3 is 2.61 bits per heavy atom. The molecule has 1 heterocycles. The van der Waals surface area contributed by atoms with Crippen molar-refractivity contribution in [1.29, 1.82) is 0 Å². The van der Waals surface area contributed by atoms with Gasteiger partial charge in [-0.25, -0.2) is 5.43 Å². The van der Waals surface area contributed by atoms with Crippen molar-refractivity contribution in [3.63, 3.8) is 0 Å². The van der Waals surface area contributed by atoms with Crippen molar-refractivity contribution < 1.29 is 0 Å². The van der Waals surface area contributed by atoms with Gasteiger partial charge in [0.1, 0.15) is 0 Å². The number of hydrazine groups is 1. The molecule has 3 nitrogen and oxygen atoms in total. The number of nitrogens with two attached hydrogens (primary N) is 1. The lowest BCUT2D eigenvalue weighted by molar-refractivity contribution is 0.614. The molecule has 1 aromatic heterocycles. The molecular formula is C14H16ClN3. The molecule has 1 unspecified atom stereocenters. The molecule has 0 saturated heterocycles. The maximum atomic E-state index is 5.90. The molecule has 18 heavy (non-hydrogen) atoms. The summed E-state index contributed by atoms with van der Waals surface area (Å²) in [6.45, 7) is 2.11. The van der Waals surface area contributed by atoms with Gasteiger partial charge in [-0.15, -0.1) is 0 Å².